The number of carbonyl (C=O) groups is 4. The number of anilines is 1. The number of esters is 1. The van der Waals surface area contributed by atoms with Crippen LogP contribution in [0.25, 0.3) is 0 Å². The van der Waals surface area contributed by atoms with Gasteiger partial charge in [-0.25, -0.2) is 0 Å². The summed E-state index contributed by atoms with van der Waals surface area (Å²) in [6.07, 6.45) is -1.18. The monoisotopic (exact) mass is 401 g/mol. The highest BCUT2D eigenvalue weighted by molar-refractivity contribution is 6.30. The van der Waals surface area contributed by atoms with Gasteiger partial charge in [-0.1, -0.05) is 11.6 Å². The summed E-state index contributed by atoms with van der Waals surface area (Å²) in [6, 6.07) is 12.7. The highest BCUT2D eigenvalue weighted by Crippen LogP contribution is 2.13. The number of nitrogens with one attached hydrogen (secondary N) is 1. The quantitative estimate of drug-likeness (QED) is 0.531. The maximum Gasteiger partial charge on any atom is 0.307 e. The molecule has 1 N–H and O–H groups in total. The lowest BCUT2D eigenvalue weighted by atomic mass is 10.1. The van der Waals surface area contributed by atoms with Crippen LogP contribution in [-0.4, -0.2) is 29.5 Å². The van der Waals surface area contributed by atoms with Crippen molar-refractivity contribution in [2.75, 3.05) is 5.32 Å². The molecule has 28 heavy (non-hydrogen) atoms. The van der Waals surface area contributed by atoms with Gasteiger partial charge in [0.15, 0.2) is 17.7 Å². The van der Waals surface area contributed by atoms with Gasteiger partial charge in [0.05, 0.1) is 6.42 Å². The molecule has 0 saturated heterocycles. The van der Waals surface area contributed by atoms with Crippen molar-refractivity contribution in [1.82, 2.24) is 0 Å². The molecule has 0 aromatic heterocycles. The minimum atomic E-state index is -1.02. The van der Waals surface area contributed by atoms with Crippen LogP contribution in [0.2, 0.25) is 5.02 Å². The molecule has 0 aliphatic heterocycles. The predicted molar refractivity (Wildman–Crippen MR) is 106 cm³/mol. The van der Waals surface area contributed by atoms with E-state index >= 15 is 0 Å². The number of Topliss-reactive ketones (excluding diaryl/α,β-unsaturated/α-hetero) is 2. The van der Waals surface area contributed by atoms with Gasteiger partial charge in [-0.05, 0) is 62.4 Å². The van der Waals surface area contributed by atoms with Crippen molar-refractivity contribution in [3.63, 3.8) is 0 Å². The van der Waals surface area contributed by atoms with E-state index in [1.54, 1.807) is 48.5 Å². The number of rotatable bonds is 8. The molecule has 7 heteroatoms. The molecule has 146 valence electrons. The van der Waals surface area contributed by atoms with Gasteiger partial charge in [-0.3, -0.25) is 19.2 Å². The zero-order valence-electron chi connectivity index (χ0n) is 15.5. The Morgan fingerprint density at radius 3 is 2.07 bits per heavy atom. The molecule has 0 aliphatic carbocycles. The molecular formula is C21H20ClNO5. The number of carbonyl (C=O) groups excluding carboxylic acids is 4. The van der Waals surface area contributed by atoms with Crippen molar-refractivity contribution < 1.29 is 23.9 Å². The number of hydrogen-bond donors (Lipinski definition) is 1. The maximum absolute atomic E-state index is 12.1. The fourth-order valence-corrected chi connectivity index (χ4v) is 2.46. The lowest BCUT2D eigenvalue weighted by molar-refractivity contribution is -0.153. The average molecular weight is 402 g/mol. The summed E-state index contributed by atoms with van der Waals surface area (Å²) >= 11 is 5.77. The predicted octanol–water partition coefficient (Wildman–Crippen LogP) is 4.08. The zero-order chi connectivity index (χ0) is 20.7. The number of ether oxygens (including phenoxy) is 1. The first kappa shape index (κ1) is 21.3. The highest BCUT2D eigenvalue weighted by Gasteiger charge is 2.19. The number of hydrogen-bond acceptors (Lipinski definition) is 5. The summed E-state index contributed by atoms with van der Waals surface area (Å²) < 4.78 is 5.07. The molecule has 6 nitrogen and oxygen atoms in total. The molecular weight excluding hydrogens is 382 g/mol. The van der Waals surface area contributed by atoms with Crippen LogP contribution < -0.4 is 5.32 Å². The first-order valence-electron chi connectivity index (χ1n) is 8.66. The van der Waals surface area contributed by atoms with Crippen LogP contribution in [0.1, 0.15) is 47.4 Å². The molecule has 2 aromatic rings. The van der Waals surface area contributed by atoms with Crippen molar-refractivity contribution in [2.24, 2.45) is 0 Å². The molecule has 0 fully saturated rings. The maximum atomic E-state index is 12.1. The van der Waals surface area contributed by atoms with E-state index in [4.69, 9.17) is 16.3 Å². The summed E-state index contributed by atoms with van der Waals surface area (Å²) in [4.78, 5) is 47.3. The summed E-state index contributed by atoms with van der Waals surface area (Å²) in [5.74, 6) is -1.44. The van der Waals surface area contributed by atoms with Crippen LogP contribution in [-0.2, 0) is 14.3 Å². The third kappa shape index (κ3) is 6.32. The average Bonchev–Trinajstić information content (AvgIpc) is 2.67. The van der Waals surface area contributed by atoms with Gasteiger partial charge < -0.3 is 10.1 Å². The van der Waals surface area contributed by atoms with Crippen LogP contribution in [0, 0.1) is 0 Å². The van der Waals surface area contributed by atoms with E-state index in [1.807, 2.05) is 0 Å². The van der Waals surface area contributed by atoms with Crippen LogP contribution in [0.5, 0.6) is 0 Å². The summed E-state index contributed by atoms with van der Waals surface area (Å²) in [6.45, 7) is 2.89. The van der Waals surface area contributed by atoms with Crippen LogP contribution in [0.3, 0.4) is 0 Å². The van der Waals surface area contributed by atoms with Gasteiger partial charge in [0.25, 0.3) is 5.91 Å². The molecule has 0 unspecified atom stereocenters. The Balaban J connectivity index is 1.80. The molecule has 0 heterocycles. The van der Waals surface area contributed by atoms with E-state index in [1.165, 1.54) is 13.8 Å². The fourth-order valence-electron chi connectivity index (χ4n) is 2.34. The van der Waals surface area contributed by atoms with Gasteiger partial charge >= 0.3 is 5.97 Å². The smallest absolute Gasteiger partial charge is 0.307 e. The van der Waals surface area contributed by atoms with Gasteiger partial charge in [0.1, 0.15) is 0 Å². The lowest BCUT2D eigenvalue weighted by Crippen LogP contribution is -2.30. The first-order valence-corrected chi connectivity index (χ1v) is 9.04. The van der Waals surface area contributed by atoms with Gasteiger partial charge in [-0.15, -0.1) is 0 Å². The Bertz CT molecular complexity index is 875. The van der Waals surface area contributed by atoms with Gasteiger partial charge in [0, 0.05) is 28.3 Å². The van der Waals surface area contributed by atoms with Gasteiger partial charge in [0.2, 0.25) is 0 Å². The Hall–Kier alpha value is -2.99. The van der Waals surface area contributed by atoms with Crippen LogP contribution in [0.15, 0.2) is 48.5 Å². The summed E-state index contributed by atoms with van der Waals surface area (Å²) in [5.41, 5.74) is 1.47. The standard InChI is InChI=1S/C21H20ClNO5/c1-13(24)15-5-9-18(10-6-15)23-21(27)14(2)28-20(26)12-11-19(25)16-3-7-17(22)8-4-16/h3-10,14H,11-12H2,1-2H3,(H,23,27)/t14-/m0/s1. The van der Waals surface area contributed by atoms with Crippen LogP contribution >= 0.6 is 11.6 Å². The molecule has 1 amide bonds. The Morgan fingerprint density at radius 2 is 1.50 bits per heavy atom. The van der Waals surface area contributed by atoms with E-state index in [2.05, 4.69) is 5.32 Å². The Morgan fingerprint density at radius 1 is 0.929 bits per heavy atom. The highest BCUT2D eigenvalue weighted by atomic mass is 35.5. The molecule has 0 aliphatic rings. The molecule has 0 saturated carbocycles. The number of benzene rings is 2. The van der Waals surface area contributed by atoms with Crippen LogP contribution in [0.4, 0.5) is 5.69 Å². The third-order valence-corrected chi connectivity index (χ3v) is 4.21. The number of halogens is 1. The molecule has 2 aromatic carbocycles. The van der Waals surface area contributed by atoms with Crippen molar-refractivity contribution >= 4 is 40.7 Å². The van der Waals surface area contributed by atoms with Crippen molar-refractivity contribution in [1.29, 1.82) is 0 Å². The van der Waals surface area contributed by atoms with E-state index in [-0.39, 0.29) is 24.4 Å². The normalized spacial score (nSPS) is 11.4. The molecule has 0 spiro atoms. The third-order valence-electron chi connectivity index (χ3n) is 3.96. The van der Waals surface area contributed by atoms with Crippen molar-refractivity contribution in [2.45, 2.75) is 32.8 Å². The Labute approximate surface area is 167 Å². The lowest BCUT2D eigenvalue weighted by Gasteiger charge is -2.13. The topological polar surface area (TPSA) is 89.5 Å². The molecule has 1 atom stereocenters. The first-order chi connectivity index (χ1) is 13.3. The summed E-state index contributed by atoms with van der Waals surface area (Å²) in [7, 11) is 0. The SMILES string of the molecule is CC(=O)c1ccc(NC(=O)[C@H](C)OC(=O)CCC(=O)c2ccc(Cl)cc2)cc1. The molecule has 2 rings (SSSR count). The minimum absolute atomic E-state index is 0.0265. The second-order valence-electron chi connectivity index (χ2n) is 6.18. The van der Waals surface area contributed by atoms with E-state index in [0.29, 0.717) is 21.8 Å². The Kier molecular flexibility index (Phi) is 7.46. The second kappa shape index (κ2) is 9.80. The van der Waals surface area contributed by atoms with Crippen molar-refractivity contribution in [3.05, 3.63) is 64.7 Å². The zero-order valence-corrected chi connectivity index (χ0v) is 16.3. The second-order valence-corrected chi connectivity index (χ2v) is 6.62. The fraction of sp³-hybridized carbons (Fsp3) is 0.238. The molecule has 0 radical (unpaired) electrons. The number of amides is 1. The van der Waals surface area contributed by atoms with E-state index in [0.717, 1.165) is 0 Å². The van der Waals surface area contributed by atoms with E-state index < -0.39 is 18.0 Å². The minimum Gasteiger partial charge on any atom is -0.453 e. The van der Waals surface area contributed by atoms with Gasteiger partial charge in [-0.2, -0.15) is 0 Å². The largest absolute Gasteiger partial charge is 0.453 e. The number of ketones is 2. The summed E-state index contributed by atoms with van der Waals surface area (Å²) in [5, 5.41) is 3.12. The molecule has 0 bridgehead atoms. The van der Waals surface area contributed by atoms with E-state index in [9.17, 15) is 19.2 Å². The van der Waals surface area contributed by atoms with Crippen molar-refractivity contribution in [3.8, 4) is 0 Å².